The summed E-state index contributed by atoms with van der Waals surface area (Å²) >= 11 is 1.56. The normalized spacial score (nSPS) is 12.5. The highest BCUT2D eigenvalue weighted by molar-refractivity contribution is 8.00. The van der Waals surface area contributed by atoms with Gasteiger partial charge in [0.1, 0.15) is 11.3 Å². The fraction of sp³-hybridized carbons (Fsp3) is 0.571. The third kappa shape index (κ3) is 12.6. The van der Waals surface area contributed by atoms with E-state index in [1.165, 1.54) is 51.4 Å². The molecule has 7 nitrogen and oxygen atoms in total. The Hall–Kier alpha value is -3.00. The van der Waals surface area contributed by atoms with Gasteiger partial charge in [-0.2, -0.15) is 0 Å². The molecule has 1 atom stereocenters. The van der Waals surface area contributed by atoms with Gasteiger partial charge in [-0.25, -0.2) is 4.79 Å². The molecule has 0 aliphatic carbocycles. The molecule has 0 aliphatic rings. The summed E-state index contributed by atoms with van der Waals surface area (Å²) < 4.78 is 5.66. The Morgan fingerprint density at radius 3 is 2.23 bits per heavy atom. The van der Waals surface area contributed by atoms with Crippen LogP contribution in [-0.4, -0.2) is 32.5 Å². The number of carboxylic acids is 2. The van der Waals surface area contributed by atoms with Crippen LogP contribution >= 0.6 is 11.8 Å². The molecule has 0 fully saturated rings. The number of allylic oxidation sites excluding steroid dienone is 4. The summed E-state index contributed by atoms with van der Waals surface area (Å²) in [4.78, 5) is 36.0. The maximum atomic E-state index is 12.8. The number of aryl methyl sites for hydroxylation is 2. The van der Waals surface area contributed by atoms with Crippen molar-refractivity contribution in [3.05, 3.63) is 57.5 Å². The van der Waals surface area contributed by atoms with Crippen molar-refractivity contribution in [1.29, 1.82) is 0 Å². The van der Waals surface area contributed by atoms with Crippen LogP contribution in [0.2, 0.25) is 0 Å². The second kappa shape index (κ2) is 20.0. The van der Waals surface area contributed by atoms with Crippen molar-refractivity contribution < 1.29 is 29.3 Å². The number of phenols is 1. The molecular formula is C35H50O7S. The van der Waals surface area contributed by atoms with Gasteiger partial charge in [0.15, 0.2) is 0 Å². The Morgan fingerprint density at radius 1 is 0.907 bits per heavy atom. The van der Waals surface area contributed by atoms with Crippen molar-refractivity contribution in [3.63, 3.8) is 0 Å². The highest BCUT2D eigenvalue weighted by Gasteiger charge is 2.23. The smallest absolute Gasteiger partial charge is 0.340 e. The molecule has 1 aromatic carbocycles. The van der Waals surface area contributed by atoms with Crippen LogP contribution in [0.5, 0.6) is 5.75 Å². The number of hydrogen-bond acceptors (Lipinski definition) is 6. The lowest BCUT2D eigenvalue weighted by Gasteiger charge is -2.19. The molecule has 0 radical (unpaired) electrons. The first-order valence-corrected chi connectivity index (χ1v) is 16.8. The molecule has 0 saturated carbocycles. The zero-order valence-corrected chi connectivity index (χ0v) is 27.0. The average molecular weight is 615 g/mol. The fourth-order valence-corrected chi connectivity index (χ4v) is 6.68. The molecule has 1 aromatic heterocycles. The van der Waals surface area contributed by atoms with Crippen molar-refractivity contribution in [1.82, 2.24) is 0 Å². The lowest BCUT2D eigenvalue weighted by atomic mass is 9.99. The number of carbonyl (C=O) groups is 2. The molecule has 2 rings (SSSR count). The van der Waals surface area contributed by atoms with Gasteiger partial charge in [-0.05, 0) is 57.1 Å². The number of rotatable bonds is 22. The molecule has 0 aliphatic heterocycles. The minimum atomic E-state index is -1.14. The summed E-state index contributed by atoms with van der Waals surface area (Å²) in [5.41, 5.74) is 0.848. The predicted octanol–water partition coefficient (Wildman–Crippen LogP) is 9.14. The predicted molar refractivity (Wildman–Crippen MR) is 175 cm³/mol. The fourth-order valence-electron chi connectivity index (χ4n) is 5.31. The molecule has 0 unspecified atom stereocenters. The monoisotopic (exact) mass is 614 g/mol. The maximum Gasteiger partial charge on any atom is 0.340 e. The molecule has 238 valence electrons. The van der Waals surface area contributed by atoms with Gasteiger partial charge in [0.25, 0.3) is 0 Å². The van der Waals surface area contributed by atoms with Gasteiger partial charge < -0.3 is 19.7 Å². The van der Waals surface area contributed by atoms with E-state index in [2.05, 4.69) is 25.2 Å². The molecule has 0 saturated heterocycles. The topological polar surface area (TPSA) is 125 Å². The van der Waals surface area contributed by atoms with E-state index in [1.807, 2.05) is 13.0 Å². The number of unbranched alkanes of at least 4 members (excludes halogenated alkanes) is 8. The summed E-state index contributed by atoms with van der Waals surface area (Å²) in [5.74, 6) is -2.03. The Kier molecular flexibility index (Phi) is 16.9. The van der Waals surface area contributed by atoms with Gasteiger partial charge >= 0.3 is 17.6 Å². The Bertz CT molecular complexity index is 1290. The van der Waals surface area contributed by atoms with Crippen molar-refractivity contribution in [2.45, 2.75) is 134 Å². The molecule has 3 N–H and O–H groups in total. The number of phenolic OH excluding ortho intramolecular Hbond substituents is 1. The van der Waals surface area contributed by atoms with E-state index in [1.54, 1.807) is 24.8 Å². The number of fused-ring (bicyclic) bond motifs is 1. The van der Waals surface area contributed by atoms with E-state index in [0.717, 1.165) is 29.7 Å². The van der Waals surface area contributed by atoms with Crippen molar-refractivity contribution in [2.75, 3.05) is 0 Å². The zero-order valence-electron chi connectivity index (χ0n) is 26.2. The summed E-state index contributed by atoms with van der Waals surface area (Å²) in [6.45, 7) is 5.90. The van der Waals surface area contributed by atoms with Crippen LogP contribution in [0.4, 0.5) is 0 Å². The number of hydrogen-bond donors (Lipinski definition) is 3. The van der Waals surface area contributed by atoms with Crippen LogP contribution in [0.15, 0.2) is 44.5 Å². The van der Waals surface area contributed by atoms with Gasteiger partial charge in [-0.15, -0.1) is 11.8 Å². The SMILES string of the molecule is CCCCCCCCCCC=CC=CC[C@H](CCCC(=O)O)Sc1cc(O)c2c(C)c(CC(=O)O)c(=O)oc2c1CCC. The summed E-state index contributed by atoms with van der Waals surface area (Å²) in [6, 6.07) is 1.67. The van der Waals surface area contributed by atoms with Crippen LogP contribution in [-0.2, 0) is 22.4 Å². The third-order valence-electron chi connectivity index (χ3n) is 7.64. The first kappa shape index (κ1) is 36.2. The van der Waals surface area contributed by atoms with Gasteiger partial charge in [0, 0.05) is 22.1 Å². The minimum absolute atomic E-state index is 0.0327. The van der Waals surface area contributed by atoms with Crippen LogP contribution in [0.25, 0.3) is 11.0 Å². The average Bonchev–Trinajstić information content (AvgIpc) is 2.94. The van der Waals surface area contributed by atoms with Crippen LogP contribution in [0.3, 0.4) is 0 Å². The second-order valence-corrected chi connectivity index (χ2v) is 12.6. The van der Waals surface area contributed by atoms with E-state index in [-0.39, 0.29) is 23.0 Å². The van der Waals surface area contributed by atoms with E-state index in [4.69, 9.17) is 4.42 Å². The standard InChI is InChI=1S/C35H50O7S/c1-4-6-7-8-9-10-11-12-13-14-15-16-17-20-26(21-18-22-31(37)38)43-30-24-29(36)33-25(3)28(23-32(39)40)35(41)42-34(33)27(30)19-5-2/h14-17,24,26,36H,4-13,18-23H2,1-3H3,(H,37,38)(H,39,40)/t26-/m1/s1. The molecule has 0 bridgehead atoms. The Labute approximate surface area is 260 Å². The van der Waals surface area contributed by atoms with Crippen molar-refractivity contribution in [2.24, 2.45) is 0 Å². The highest BCUT2D eigenvalue weighted by atomic mass is 32.2. The van der Waals surface area contributed by atoms with Gasteiger partial charge in [0.2, 0.25) is 0 Å². The maximum absolute atomic E-state index is 12.8. The molecule has 2 aromatic rings. The molecule has 0 amide bonds. The molecule has 0 spiro atoms. The molecule has 1 heterocycles. The molecule has 43 heavy (non-hydrogen) atoms. The summed E-state index contributed by atoms with van der Waals surface area (Å²) in [7, 11) is 0. The number of aromatic hydroxyl groups is 1. The summed E-state index contributed by atoms with van der Waals surface area (Å²) in [5, 5.41) is 29.9. The first-order chi connectivity index (χ1) is 20.7. The van der Waals surface area contributed by atoms with Gasteiger partial charge in [-0.3, -0.25) is 9.59 Å². The zero-order chi connectivity index (χ0) is 31.6. The third-order valence-corrected chi connectivity index (χ3v) is 9.02. The molecular weight excluding hydrogens is 564 g/mol. The lowest BCUT2D eigenvalue weighted by Crippen LogP contribution is -2.15. The van der Waals surface area contributed by atoms with E-state index >= 15 is 0 Å². The number of carboxylic acid groups (broad SMARTS) is 2. The Balaban J connectivity index is 2.16. The van der Waals surface area contributed by atoms with Crippen LogP contribution in [0.1, 0.15) is 120 Å². The van der Waals surface area contributed by atoms with E-state index in [9.17, 15) is 29.7 Å². The van der Waals surface area contributed by atoms with Crippen LogP contribution in [0, 0.1) is 6.92 Å². The van der Waals surface area contributed by atoms with Crippen LogP contribution < -0.4 is 5.63 Å². The number of benzene rings is 1. The minimum Gasteiger partial charge on any atom is -0.507 e. The quantitative estimate of drug-likeness (QED) is 0.0519. The van der Waals surface area contributed by atoms with E-state index < -0.39 is 24.0 Å². The lowest BCUT2D eigenvalue weighted by molar-refractivity contribution is -0.137. The highest BCUT2D eigenvalue weighted by Crippen LogP contribution is 2.41. The Morgan fingerprint density at radius 2 is 1.58 bits per heavy atom. The van der Waals surface area contributed by atoms with Gasteiger partial charge in [0.05, 0.1) is 17.4 Å². The number of thioether (sulfide) groups is 1. The number of aliphatic carboxylic acids is 2. The molecule has 8 heteroatoms. The van der Waals surface area contributed by atoms with Crippen molar-refractivity contribution in [3.8, 4) is 5.75 Å². The largest absolute Gasteiger partial charge is 0.507 e. The first-order valence-electron chi connectivity index (χ1n) is 15.9. The summed E-state index contributed by atoms with van der Waals surface area (Å²) in [6.07, 6.45) is 22.8. The second-order valence-electron chi connectivity index (χ2n) is 11.3. The van der Waals surface area contributed by atoms with Crippen molar-refractivity contribution >= 4 is 34.7 Å². The van der Waals surface area contributed by atoms with Gasteiger partial charge in [-0.1, -0.05) is 89.5 Å². The van der Waals surface area contributed by atoms with E-state index in [0.29, 0.717) is 35.8 Å².